The van der Waals surface area contributed by atoms with E-state index in [0.717, 1.165) is 36.3 Å². The molecule has 6 unspecified atom stereocenters. The fourth-order valence-electron chi connectivity index (χ4n) is 6.51. The van der Waals surface area contributed by atoms with Gasteiger partial charge in [-0.1, -0.05) is 20.8 Å². The molecular weight excluding hydrogens is 526 g/mol. The number of rotatable bonds is 8. The van der Waals surface area contributed by atoms with Crippen molar-refractivity contribution in [3.8, 4) is 11.5 Å². The number of hydrogen-bond donors (Lipinski definition) is 3. The molecule has 2 fully saturated rings. The molecule has 5 rings (SSSR count). The number of ether oxygens (including phenoxy) is 2. The minimum Gasteiger partial charge on any atom is -0.497 e. The number of methoxy groups -OCH3 is 2. The third-order valence-corrected chi connectivity index (χ3v) is 11.3. The molecule has 1 amide bonds. The zero-order valence-corrected chi connectivity index (χ0v) is 24.1. The smallest absolute Gasteiger partial charge is 0.267 e. The molecule has 208 valence electrons. The summed E-state index contributed by atoms with van der Waals surface area (Å²) in [5.74, 6) is 0.102. The third-order valence-electron chi connectivity index (χ3n) is 8.78. The highest BCUT2D eigenvalue weighted by atomic mass is 32.2. The lowest BCUT2D eigenvalue weighted by Crippen LogP contribution is -2.53. The van der Waals surface area contributed by atoms with Crippen molar-refractivity contribution in [3.63, 3.8) is 0 Å². The van der Waals surface area contributed by atoms with E-state index >= 15 is 0 Å². The molecule has 0 bridgehead atoms. The molecule has 6 atom stereocenters. The van der Waals surface area contributed by atoms with E-state index in [-0.39, 0.29) is 50.8 Å². The van der Waals surface area contributed by atoms with Gasteiger partial charge in [0.05, 0.1) is 26.0 Å². The highest BCUT2D eigenvalue weighted by molar-refractivity contribution is 7.93. The van der Waals surface area contributed by atoms with Crippen LogP contribution in [0.5, 0.6) is 11.5 Å². The Morgan fingerprint density at radius 2 is 1.97 bits per heavy atom. The van der Waals surface area contributed by atoms with Gasteiger partial charge in [-0.15, -0.1) is 11.3 Å². The number of thiazole rings is 1. The van der Waals surface area contributed by atoms with Crippen LogP contribution in [0.25, 0.3) is 0 Å². The zero-order chi connectivity index (χ0) is 27.4. The summed E-state index contributed by atoms with van der Waals surface area (Å²) >= 11 is 1.35. The monoisotopic (exact) mass is 563 g/mol. The van der Waals surface area contributed by atoms with Gasteiger partial charge in [0.15, 0.2) is 5.13 Å². The summed E-state index contributed by atoms with van der Waals surface area (Å²) in [4.78, 5) is 18.5. The van der Waals surface area contributed by atoms with Gasteiger partial charge in [0, 0.05) is 28.8 Å². The van der Waals surface area contributed by atoms with Crippen LogP contribution in [0.4, 0.5) is 5.13 Å². The molecule has 0 radical (unpaired) electrons. The van der Waals surface area contributed by atoms with E-state index in [2.05, 4.69) is 23.9 Å². The Bertz CT molecular complexity index is 1320. The van der Waals surface area contributed by atoms with Crippen molar-refractivity contribution in [1.29, 1.82) is 0 Å². The summed E-state index contributed by atoms with van der Waals surface area (Å²) in [6, 6.07) is 4.90. The maximum absolute atomic E-state index is 13.3. The van der Waals surface area contributed by atoms with Gasteiger partial charge in [-0.2, -0.15) is 0 Å². The topological polar surface area (TPSA) is 127 Å². The first-order valence-corrected chi connectivity index (χ1v) is 15.5. The van der Waals surface area contributed by atoms with E-state index in [1.54, 1.807) is 12.1 Å². The first kappa shape index (κ1) is 27.2. The first-order chi connectivity index (χ1) is 18.0. The normalized spacial score (nSPS) is 29.5. The maximum Gasteiger partial charge on any atom is 0.267 e. The molecular formula is C27H37N3O6S2. The molecule has 2 aromatic rings. The number of carbonyl (C=O) groups excluding carboxylic acids is 1. The molecule has 0 spiro atoms. The minimum absolute atomic E-state index is 0.0297. The number of nitrogens with zero attached hydrogens (tertiary/aromatic N) is 1. The molecule has 11 heteroatoms. The van der Waals surface area contributed by atoms with Gasteiger partial charge in [-0.3, -0.25) is 9.52 Å². The van der Waals surface area contributed by atoms with Crippen molar-refractivity contribution in [2.75, 3.05) is 18.9 Å². The quantitative estimate of drug-likeness (QED) is 0.444. The Morgan fingerprint density at radius 1 is 1.24 bits per heavy atom. The predicted octanol–water partition coefficient (Wildman–Crippen LogP) is 3.93. The molecule has 2 saturated carbocycles. The van der Waals surface area contributed by atoms with Crippen LogP contribution in [0.3, 0.4) is 0 Å². The standard InChI is InChI=1S/C27H37N3O6S2/c1-14(25(32)28-16-6-7-16)18-10-11-27(3)13-20-23(15(2)22(27)24(18)31)29-26(37-20)30-38(33,34)21-12-17(35-4)8-9-19(21)36-5/h8-9,12,14-16,18,22,24,31H,6-7,10-11,13H2,1-5H3,(H,28,32)(H,29,30). The molecule has 1 aromatic heterocycles. The Hall–Kier alpha value is -2.37. The number of anilines is 1. The van der Waals surface area contributed by atoms with Crippen molar-refractivity contribution in [2.24, 2.45) is 23.2 Å². The molecule has 3 N–H and O–H groups in total. The van der Waals surface area contributed by atoms with Crippen molar-refractivity contribution in [1.82, 2.24) is 10.3 Å². The average molecular weight is 564 g/mol. The van der Waals surface area contributed by atoms with Crippen molar-refractivity contribution in [2.45, 2.75) is 75.8 Å². The lowest BCUT2D eigenvalue weighted by molar-refractivity contribution is -0.134. The van der Waals surface area contributed by atoms with E-state index in [4.69, 9.17) is 14.5 Å². The number of hydrogen-bond acceptors (Lipinski definition) is 8. The van der Waals surface area contributed by atoms with Crippen LogP contribution in [0, 0.1) is 23.2 Å². The molecule has 0 saturated heterocycles. The van der Waals surface area contributed by atoms with Crippen LogP contribution in [-0.2, 0) is 21.2 Å². The highest BCUT2D eigenvalue weighted by Gasteiger charge is 2.54. The molecule has 0 aliphatic heterocycles. The van der Waals surface area contributed by atoms with Gasteiger partial charge >= 0.3 is 0 Å². The number of benzene rings is 1. The van der Waals surface area contributed by atoms with E-state index in [0.29, 0.717) is 18.2 Å². The largest absolute Gasteiger partial charge is 0.497 e. The second-order valence-electron chi connectivity index (χ2n) is 11.4. The summed E-state index contributed by atoms with van der Waals surface area (Å²) in [6.07, 6.45) is 3.82. The molecule has 3 aliphatic carbocycles. The second kappa shape index (κ2) is 9.98. The van der Waals surface area contributed by atoms with Crippen LogP contribution in [0.15, 0.2) is 23.1 Å². The van der Waals surface area contributed by atoms with Gasteiger partial charge in [-0.05, 0) is 61.5 Å². The second-order valence-corrected chi connectivity index (χ2v) is 14.1. The summed E-state index contributed by atoms with van der Waals surface area (Å²) in [6.45, 7) is 6.19. The first-order valence-electron chi connectivity index (χ1n) is 13.2. The Balaban J connectivity index is 1.39. The Morgan fingerprint density at radius 3 is 2.63 bits per heavy atom. The van der Waals surface area contributed by atoms with Crippen LogP contribution < -0.4 is 19.5 Å². The number of nitrogens with one attached hydrogen (secondary N) is 2. The number of aromatic nitrogens is 1. The van der Waals surface area contributed by atoms with Gasteiger partial charge in [0.1, 0.15) is 16.4 Å². The van der Waals surface area contributed by atoms with E-state index in [1.165, 1.54) is 31.6 Å². The number of carbonyl (C=O) groups is 1. The van der Waals surface area contributed by atoms with Gasteiger partial charge in [0.25, 0.3) is 10.0 Å². The molecule has 38 heavy (non-hydrogen) atoms. The number of aliphatic hydroxyl groups excluding tert-OH is 1. The maximum atomic E-state index is 13.3. The van der Waals surface area contributed by atoms with E-state index in [1.807, 2.05) is 6.92 Å². The lowest BCUT2D eigenvalue weighted by Gasteiger charge is -2.53. The van der Waals surface area contributed by atoms with Crippen molar-refractivity contribution in [3.05, 3.63) is 28.8 Å². The number of sulfonamides is 1. The van der Waals surface area contributed by atoms with Crippen LogP contribution >= 0.6 is 11.3 Å². The third kappa shape index (κ3) is 4.88. The number of aliphatic hydroxyl groups is 1. The van der Waals surface area contributed by atoms with Gasteiger partial charge < -0.3 is 19.9 Å². The molecule has 9 nitrogen and oxygen atoms in total. The fourth-order valence-corrected chi connectivity index (χ4v) is 9.19. The Labute approximate surface area is 228 Å². The van der Waals surface area contributed by atoms with Gasteiger partial charge in [-0.25, -0.2) is 13.4 Å². The molecule has 3 aliphatic rings. The van der Waals surface area contributed by atoms with E-state index < -0.39 is 16.1 Å². The predicted molar refractivity (Wildman–Crippen MR) is 145 cm³/mol. The number of fused-ring (bicyclic) bond motifs is 2. The zero-order valence-electron chi connectivity index (χ0n) is 22.5. The highest BCUT2D eigenvalue weighted by Crippen LogP contribution is 2.57. The Kier molecular flexibility index (Phi) is 7.15. The fraction of sp³-hybridized carbons (Fsp3) is 0.630. The van der Waals surface area contributed by atoms with Gasteiger partial charge in [0.2, 0.25) is 5.91 Å². The number of amides is 1. The van der Waals surface area contributed by atoms with Crippen LogP contribution in [0.1, 0.15) is 62.9 Å². The van der Waals surface area contributed by atoms with Crippen molar-refractivity contribution >= 4 is 32.4 Å². The summed E-state index contributed by atoms with van der Waals surface area (Å²) in [7, 11) is -1.10. The molecule has 1 aromatic carbocycles. The summed E-state index contributed by atoms with van der Waals surface area (Å²) in [5.41, 5.74) is 0.663. The summed E-state index contributed by atoms with van der Waals surface area (Å²) in [5, 5.41) is 15.0. The summed E-state index contributed by atoms with van der Waals surface area (Å²) < 4.78 is 39.8. The van der Waals surface area contributed by atoms with Crippen LogP contribution in [0.2, 0.25) is 0 Å². The molecule has 1 heterocycles. The SMILES string of the molecule is COc1ccc(OC)c(S(=O)(=O)Nc2nc3c(s2)CC2(C)CCC(C(C)C(=O)NC4CC4)C(O)C2C3C)c1. The van der Waals surface area contributed by atoms with Crippen LogP contribution in [-0.4, -0.2) is 50.8 Å². The van der Waals surface area contributed by atoms with Crippen molar-refractivity contribution < 1.29 is 27.8 Å². The lowest BCUT2D eigenvalue weighted by atomic mass is 9.53. The average Bonchev–Trinajstić information content (AvgIpc) is 3.60. The minimum atomic E-state index is -3.99. The van der Waals surface area contributed by atoms with E-state index in [9.17, 15) is 18.3 Å².